The predicted octanol–water partition coefficient (Wildman–Crippen LogP) is 2.01. The van der Waals surface area contributed by atoms with Crippen molar-refractivity contribution < 1.29 is 36.2 Å². The molecule has 160 valence electrons. The molecule has 1 N–H and O–H groups in total. The van der Waals surface area contributed by atoms with Crippen LogP contribution >= 0.6 is 11.3 Å². The minimum absolute atomic E-state index is 0.322. The van der Waals surface area contributed by atoms with E-state index >= 15 is 0 Å². The Balaban J connectivity index is 0.000000345. The largest absolute Gasteiger partial charge is 0.490 e. The molecule has 3 heterocycles. The SMILES string of the molecule is CS(=O)(=O)N1CCOCC12CCN(Cc1cccs1)CC2.O=C(O)C(F)(F)F. The van der Waals surface area contributed by atoms with Crippen LogP contribution in [-0.4, -0.2) is 79.5 Å². The number of alkyl halides is 3. The van der Waals surface area contributed by atoms with Crippen LogP contribution in [0, 0.1) is 0 Å². The van der Waals surface area contributed by atoms with Crippen molar-refractivity contribution in [2.24, 2.45) is 0 Å². The fourth-order valence-corrected chi connectivity index (χ4v) is 5.47. The first-order valence-electron chi connectivity index (χ1n) is 8.54. The second-order valence-electron chi connectivity index (χ2n) is 6.77. The van der Waals surface area contributed by atoms with Gasteiger partial charge in [0, 0.05) is 31.1 Å². The van der Waals surface area contributed by atoms with Crippen molar-refractivity contribution in [3.05, 3.63) is 22.4 Å². The third kappa shape index (κ3) is 6.14. The maximum absolute atomic E-state index is 12.1. The summed E-state index contributed by atoms with van der Waals surface area (Å²) in [6.45, 7) is 4.35. The minimum atomic E-state index is -5.08. The summed E-state index contributed by atoms with van der Waals surface area (Å²) >= 11 is 1.78. The Morgan fingerprint density at radius 3 is 2.39 bits per heavy atom. The number of aliphatic carboxylic acids is 1. The molecule has 7 nitrogen and oxygen atoms in total. The van der Waals surface area contributed by atoms with E-state index in [1.165, 1.54) is 11.1 Å². The fourth-order valence-electron chi connectivity index (χ4n) is 3.38. The number of carbonyl (C=O) groups is 1. The van der Waals surface area contributed by atoms with Crippen LogP contribution in [0.4, 0.5) is 13.2 Å². The number of halogens is 3. The Labute approximate surface area is 165 Å². The Bertz CT molecular complexity index is 745. The van der Waals surface area contributed by atoms with Crippen molar-refractivity contribution >= 4 is 27.3 Å². The van der Waals surface area contributed by atoms with Crippen molar-refractivity contribution in [3.63, 3.8) is 0 Å². The van der Waals surface area contributed by atoms with E-state index in [-0.39, 0.29) is 5.54 Å². The van der Waals surface area contributed by atoms with Crippen molar-refractivity contribution in [3.8, 4) is 0 Å². The van der Waals surface area contributed by atoms with E-state index < -0.39 is 22.2 Å². The molecule has 1 aromatic heterocycles. The number of hydrogen-bond donors (Lipinski definition) is 1. The van der Waals surface area contributed by atoms with Crippen molar-refractivity contribution in [2.45, 2.75) is 31.1 Å². The highest BCUT2D eigenvalue weighted by Crippen LogP contribution is 2.34. The molecule has 0 saturated carbocycles. The summed E-state index contributed by atoms with van der Waals surface area (Å²) < 4.78 is 63.1. The molecule has 12 heteroatoms. The summed E-state index contributed by atoms with van der Waals surface area (Å²) in [7, 11) is -3.16. The summed E-state index contributed by atoms with van der Waals surface area (Å²) in [5.41, 5.74) is -0.322. The maximum atomic E-state index is 12.1. The van der Waals surface area contributed by atoms with Gasteiger partial charge in [-0.25, -0.2) is 13.2 Å². The van der Waals surface area contributed by atoms with Gasteiger partial charge in [-0.05, 0) is 24.3 Å². The highest BCUT2D eigenvalue weighted by molar-refractivity contribution is 7.88. The number of carboxylic acids is 1. The number of morpholine rings is 1. The molecule has 1 spiro atoms. The predicted molar refractivity (Wildman–Crippen MR) is 97.6 cm³/mol. The van der Waals surface area contributed by atoms with Gasteiger partial charge in [-0.3, -0.25) is 4.90 Å². The van der Waals surface area contributed by atoms with E-state index in [0.717, 1.165) is 32.5 Å². The van der Waals surface area contributed by atoms with Crippen LogP contribution < -0.4 is 0 Å². The highest BCUT2D eigenvalue weighted by Gasteiger charge is 2.46. The molecule has 28 heavy (non-hydrogen) atoms. The first-order chi connectivity index (χ1) is 12.9. The van der Waals surface area contributed by atoms with Gasteiger partial charge in [0.1, 0.15) is 0 Å². The molecule has 0 bridgehead atoms. The lowest BCUT2D eigenvalue weighted by molar-refractivity contribution is -0.192. The first-order valence-corrected chi connectivity index (χ1v) is 11.3. The van der Waals surface area contributed by atoms with Crippen LogP contribution in [0.15, 0.2) is 17.5 Å². The van der Waals surface area contributed by atoms with Gasteiger partial charge in [-0.2, -0.15) is 17.5 Å². The smallest absolute Gasteiger partial charge is 0.475 e. The van der Waals surface area contributed by atoms with Gasteiger partial charge in [-0.1, -0.05) is 6.07 Å². The second kappa shape index (κ2) is 9.08. The molecule has 2 saturated heterocycles. The van der Waals surface area contributed by atoms with E-state index in [0.29, 0.717) is 19.8 Å². The second-order valence-corrected chi connectivity index (χ2v) is 9.71. The number of rotatable bonds is 3. The summed E-state index contributed by atoms with van der Waals surface area (Å²) in [6.07, 6.45) is -2.06. The lowest BCUT2D eigenvalue weighted by Crippen LogP contribution is -2.62. The van der Waals surface area contributed by atoms with Gasteiger partial charge in [0.25, 0.3) is 0 Å². The molecule has 0 aliphatic carbocycles. The van der Waals surface area contributed by atoms with Gasteiger partial charge < -0.3 is 9.84 Å². The van der Waals surface area contributed by atoms with E-state index in [1.54, 1.807) is 15.6 Å². The van der Waals surface area contributed by atoms with Gasteiger partial charge >= 0.3 is 12.1 Å². The van der Waals surface area contributed by atoms with Crippen molar-refractivity contribution in [1.82, 2.24) is 9.21 Å². The van der Waals surface area contributed by atoms with Crippen molar-refractivity contribution in [2.75, 3.05) is 39.1 Å². The average Bonchev–Trinajstić information content (AvgIpc) is 3.09. The molecular formula is C16H23F3N2O5S2. The van der Waals surface area contributed by atoms with Crippen LogP contribution in [0.5, 0.6) is 0 Å². The zero-order valence-corrected chi connectivity index (χ0v) is 16.9. The summed E-state index contributed by atoms with van der Waals surface area (Å²) in [4.78, 5) is 12.7. The van der Waals surface area contributed by atoms with Crippen LogP contribution in [0.2, 0.25) is 0 Å². The average molecular weight is 444 g/mol. The molecule has 0 aromatic carbocycles. The monoisotopic (exact) mass is 444 g/mol. The number of likely N-dealkylation sites (tertiary alicyclic amines) is 1. The number of ether oxygens (including phenoxy) is 1. The van der Waals surface area contributed by atoms with E-state index in [9.17, 15) is 21.6 Å². The van der Waals surface area contributed by atoms with Crippen LogP contribution in [0.1, 0.15) is 17.7 Å². The van der Waals surface area contributed by atoms with Gasteiger partial charge in [0.05, 0.1) is 25.0 Å². The Morgan fingerprint density at radius 2 is 1.93 bits per heavy atom. The van der Waals surface area contributed by atoms with Crippen molar-refractivity contribution in [1.29, 1.82) is 0 Å². The quantitative estimate of drug-likeness (QED) is 0.768. The van der Waals surface area contributed by atoms with Crippen LogP contribution in [0.3, 0.4) is 0 Å². The fraction of sp³-hybridized carbons (Fsp3) is 0.688. The minimum Gasteiger partial charge on any atom is -0.475 e. The molecule has 0 unspecified atom stereocenters. The van der Waals surface area contributed by atoms with E-state index in [2.05, 4.69) is 22.4 Å². The summed E-state index contributed by atoms with van der Waals surface area (Å²) in [5.74, 6) is -2.76. The van der Waals surface area contributed by atoms with Crippen LogP contribution in [-0.2, 0) is 26.1 Å². The van der Waals surface area contributed by atoms with E-state index in [1.807, 2.05) is 0 Å². The van der Waals surface area contributed by atoms with Crippen LogP contribution in [0.25, 0.3) is 0 Å². The molecule has 2 aliphatic heterocycles. The number of thiophene rings is 1. The maximum Gasteiger partial charge on any atom is 0.490 e. The normalized spacial score (nSPS) is 21.1. The number of hydrogen-bond acceptors (Lipinski definition) is 6. The van der Waals surface area contributed by atoms with Gasteiger partial charge in [0.15, 0.2) is 0 Å². The molecule has 2 aliphatic rings. The Hall–Kier alpha value is -1.21. The zero-order valence-electron chi connectivity index (χ0n) is 15.3. The van der Waals surface area contributed by atoms with E-state index in [4.69, 9.17) is 14.6 Å². The molecule has 0 radical (unpaired) electrons. The molecule has 1 aromatic rings. The molecular weight excluding hydrogens is 421 g/mol. The first kappa shape index (κ1) is 23.1. The number of piperidine rings is 1. The molecule has 0 amide bonds. The standard InChI is InChI=1S/C14H22N2O3S2.C2HF3O2/c1-21(17,18)16-8-9-19-12-14(16)4-6-15(7-5-14)11-13-3-2-10-20-13;3-2(4,5)1(6)7/h2-3,10H,4-9,11-12H2,1H3;(H,6,7). The zero-order chi connectivity index (χ0) is 21.0. The molecule has 0 atom stereocenters. The molecule has 3 rings (SSSR count). The number of carboxylic acid groups (broad SMARTS) is 1. The molecule has 2 fully saturated rings. The number of sulfonamides is 1. The summed E-state index contributed by atoms with van der Waals surface area (Å²) in [5, 5.41) is 9.22. The lowest BCUT2D eigenvalue weighted by atomic mass is 9.87. The Kier molecular flexibility index (Phi) is 7.48. The highest BCUT2D eigenvalue weighted by atomic mass is 32.2. The third-order valence-electron chi connectivity index (χ3n) is 4.73. The lowest BCUT2D eigenvalue weighted by Gasteiger charge is -2.49. The van der Waals surface area contributed by atoms with Gasteiger partial charge in [0.2, 0.25) is 10.0 Å². The number of nitrogens with zero attached hydrogens (tertiary/aromatic N) is 2. The third-order valence-corrected chi connectivity index (χ3v) is 6.96. The van der Waals surface area contributed by atoms with Gasteiger partial charge in [-0.15, -0.1) is 11.3 Å². The topological polar surface area (TPSA) is 87.2 Å². The Morgan fingerprint density at radius 1 is 1.32 bits per heavy atom. The summed E-state index contributed by atoms with van der Waals surface area (Å²) in [6, 6.07) is 4.23.